The highest BCUT2D eigenvalue weighted by atomic mass is 16.5. The molecule has 0 aliphatic heterocycles. The van der Waals surface area contributed by atoms with Crippen LogP contribution in [0.15, 0.2) is 23.2 Å². The fourth-order valence-electron chi connectivity index (χ4n) is 2.64. The van der Waals surface area contributed by atoms with Gasteiger partial charge in [0, 0.05) is 25.2 Å². The summed E-state index contributed by atoms with van der Waals surface area (Å²) in [7, 11) is 1.81. The van der Waals surface area contributed by atoms with E-state index in [-0.39, 0.29) is 6.10 Å². The molecule has 0 saturated heterocycles. The smallest absolute Gasteiger partial charge is 0.191 e. The Morgan fingerprint density at radius 1 is 1.30 bits per heavy atom. The number of benzene rings is 1. The third-order valence-electron chi connectivity index (χ3n) is 3.94. The summed E-state index contributed by atoms with van der Waals surface area (Å²) in [6.45, 7) is 9.42. The molecule has 0 bridgehead atoms. The maximum Gasteiger partial charge on any atom is 0.191 e. The number of rotatable bonds is 7. The third-order valence-corrected chi connectivity index (χ3v) is 3.94. The molecule has 1 atom stereocenters. The maximum absolute atomic E-state index is 6.20. The quantitative estimate of drug-likeness (QED) is 0.596. The average Bonchev–Trinajstić information content (AvgIpc) is 3.28. The van der Waals surface area contributed by atoms with Gasteiger partial charge in [0.1, 0.15) is 5.75 Å². The summed E-state index contributed by atoms with van der Waals surface area (Å²) >= 11 is 0. The minimum atomic E-state index is 0.222. The van der Waals surface area contributed by atoms with E-state index in [0.29, 0.717) is 12.0 Å². The van der Waals surface area contributed by atoms with Gasteiger partial charge in [-0.25, -0.2) is 0 Å². The maximum atomic E-state index is 6.20. The molecule has 1 aliphatic carbocycles. The molecule has 4 heteroatoms. The van der Waals surface area contributed by atoms with Crippen LogP contribution in [0.5, 0.6) is 5.75 Å². The van der Waals surface area contributed by atoms with Crippen LogP contribution in [-0.2, 0) is 6.54 Å². The molecule has 1 aromatic carbocycles. The van der Waals surface area contributed by atoms with Crippen molar-refractivity contribution in [1.29, 1.82) is 0 Å². The van der Waals surface area contributed by atoms with Gasteiger partial charge in [0.15, 0.2) is 5.96 Å². The zero-order chi connectivity index (χ0) is 16.8. The molecule has 23 heavy (non-hydrogen) atoms. The predicted octanol–water partition coefficient (Wildman–Crippen LogP) is 3.64. The molecule has 1 aromatic rings. The van der Waals surface area contributed by atoms with Gasteiger partial charge in [-0.05, 0) is 50.7 Å². The van der Waals surface area contributed by atoms with Gasteiger partial charge in [-0.15, -0.1) is 0 Å². The molecular formula is C19H31N3O. The average molecular weight is 317 g/mol. The van der Waals surface area contributed by atoms with Gasteiger partial charge in [-0.2, -0.15) is 0 Å². The van der Waals surface area contributed by atoms with Crippen LogP contribution in [0, 0.1) is 12.8 Å². The molecule has 4 nitrogen and oxygen atoms in total. The number of hydrogen-bond acceptors (Lipinski definition) is 2. The van der Waals surface area contributed by atoms with Crippen molar-refractivity contribution < 1.29 is 4.74 Å². The Hall–Kier alpha value is -1.71. The number of nitrogens with zero attached hydrogens (tertiary/aromatic N) is 1. The van der Waals surface area contributed by atoms with Crippen molar-refractivity contribution in [1.82, 2.24) is 10.6 Å². The van der Waals surface area contributed by atoms with Crippen LogP contribution >= 0.6 is 0 Å². The molecule has 0 spiro atoms. The monoisotopic (exact) mass is 317 g/mol. The molecule has 0 aromatic heterocycles. The second-order valence-corrected chi connectivity index (χ2v) is 7.01. The van der Waals surface area contributed by atoms with E-state index in [1.54, 1.807) is 0 Å². The largest absolute Gasteiger partial charge is 0.490 e. The molecule has 2 rings (SSSR count). The van der Waals surface area contributed by atoms with E-state index < -0.39 is 0 Å². The molecule has 0 heterocycles. The summed E-state index contributed by atoms with van der Waals surface area (Å²) in [5, 5.41) is 6.80. The Bertz CT molecular complexity index is 535. The summed E-state index contributed by atoms with van der Waals surface area (Å²) in [6.07, 6.45) is 3.77. The lowest BCUT2D eigenvalue weighted by Gasteiger charge is -2.20. The first-order chi connectivity index (χ1) is 11.0. The summed E-state index contributed by atoms with van der Waals surface area (Å²) in [4.78, 5) is 4.28. The first-order valence-electron chi connectivity index (χ1n) is 8.71. The number of aliphatic imine (C=N–C) groups is 1. The second-order valence-electron chi connectivity index (χ2n) is 7.01. The summed E-state index contributed by atoms with van der Waals surface area (Å²) in [5.74, 6) is 2.49. The summed E-state index contributed by atoms with van der Waals surface area (Å²) in [5.41, 5.74) is 2.39. The SMILES string of the molecule is CN=C(NCc1ccc(C)cc1OC(C)CC(C)C)NC1CC1. The normalized spacial score (nSPS) is 16.3. The number of guanidine groups is 1. The minimum Gasteiger partial charge on any atom is -0.490 e. The van der Waals surface area contributed by atoms with Gasteiger partial charge in [-0.3, -0.25) is 4.99 Å². The van der Waals surface area contributed by atoms with Gasteiger partial charge in [0.05, 0.1) is 6.10 Å². The highest BCUT2D eigenvalue weighted by Crippen LogP contribution is 2.23. The molecule has 0 amide bonds. The van der Waals surface area contributed by atoms with Crippen LogP contribution in [0.2, 0.25) is 0 Å². The Morgan fingerprint density at radius 2 is 2.04 bits per heavy atom. The van der Waals surface area contributed by atoms with Gasteiger partial charge in [0.25, 0.3) is 0 Å². The summed E-state index contributed by atoms with van der Waals surface area (Å²) in [6, 6.07) is 7.00. The lowest BCUT2D eigenvalue weighted by molar-refractivity contribution is 0.191. The number of nitrogens with one attached hydrogen (secondary N) is 2. The Balaban J connectivity index is 1.99. The fraction of sp³-hybridized carbons (Fsp3) is 0.632. The zero-order valence-electron chi connectivity index (χ0n) is 15.1. The third kappa shape index (κ3) is 6.12. The number of ether oxygens (including phenoxy) is 1. The molecule has 1 saturated carbocycles. The Morgan fingerprint density at radius 3 is 2.65 bits per heavy atom. The van der Waals surface area contributed by atoms with Crippen LogP contribution in [0.25, 0.3) is 0 Å². The van der Waals surface area contributed by atoms with E-state index in [1.165, 1.54) is 24.0 Å². The van der Waals surface area contributed by atoms with Crippen LogP contribution in [0.4, 0.5) is 0 Å². The molecular weight excluding hydrogens is 286 g/mol. The molecule has 1 aliphatic rings. The van der Waals surface area contributed by atoms with Crippen molar-refractivity contribution in [3.8, 4) is 5.75 Å². The molecule has 2 N–H and O–H groups in total. The van der Waals surface area contributed by atoms with E-state index in [1.807, 2.05) is 7.05 Å². The first kappa shape index (κ1) is 17.6. The standard InChI is InChI=1S/C19H31N3O/c1-13(2)10-15(4)23-18-11-14(3)6-7-16(18)12-21-19(20-5)22-17-8-9-17/h6-7,11,13,15,17H,8-10,12H2,1-5H3,(H2,20,21,22). The molecule has 1 unspecified atom stereocenters. The zero-order valence-corrected chi connectivity index (χ0v) is 15.1. The van der Waals surface area contributed by atoms with E-state index in [2.05, 4.69) is 61.5 Å². The van der Waals surface area contributed by atoms with Crippen molar-refractivity contribution in [2.24, 2.45) is 10.9 Å². The summed E-state index contributed by atoms with van der Waals surface area (Å²) < 4.78 is 6.20. The Kier molecular flexibility index (Phi) is 6.31. The highest BCUT2D eigenvalue weighted by Gasteiger charge is 2.22. The number of aryl methyl sites for hydroxylation is 1. The van der Waals surface area contributed by atoms with Crippen LogP contribution < -0.4 is 15.4 Å². The van der Waals surface area contributed by atoms with Crippen molar-refractivity contribution in [2.45, 2.75) is 65.6 Å². The lowest BCUT2D eigenvalue weighted by atomic mass is 10.1. The van der Waals surface area contributed by atoms with Gasteiger partial charge in [-0.1, -0.05) is 26.0 Å². The number of hydrogen-bond donors (Lipinski definition) is 2. The van der Waals surface area contributed by atoms with Crippen LogP contribution in [-0.4, -0.2) is 25.2 Å². The second kappa shape index (κ2) is 8.23. The van der Waals surface area contributed by atoms with E-state index >= 15 is 0 Å². The van der Waals surface area contributed by atoms with Crippen molar-refractivity contribution in [2.75, 3.05) is 7.05 Å². The predicted molar refractivity (Wildman–Crippen MR) is 97.1 cm³/mol. The van der Waals surface area contributed by atoms with Crippen molar-refractivity contribution in [3.63, 3.8) is 0 Å². The van der Waals surface area contributed by atoms with Crippen LogP contribution in [0.1, 0.15) is 51.2 Å². The fourth-order valence-corrected chi connectivity index (χ4v) is 2.64. The van der Waals surface area contributed by atoms with Gasteiger partial charge in [0.2, 0.25) is 0 Å². The van der Waals surface area contributed by atoms with Crippen molar-refractivity contribution >= 4 is 5.96 Å². The van der Waals surface area contributed by atoms with E-state index in [4.69, 9.17) is 4.74 Å². The molecule has 0 radical (unpaired) electrons. The molecule has 128 valence electrons. The van der Waals surface area contributed by atoms with Crippen LogP contribution in [0.3, 0.4) is 0 Å². The topological polar surface area (TPSA) is 45.7 Å². The highest BCUT2D eigenvalue weighted by molar-refractivity contribution is 5.80. The van der Waals surface area contributed by atoms with Crippen molar-refractivity contribution in [3.05, 3.63) is 29.3 Å². The van der Waals surface area contributed by atoms with Gasteiger partial charge >= 0.3 is 0 Å². The first-order valence-corrected chi connectivity index (χ1v) is 8.71. The Labute approximate surface area is 140 Å². The lowest BCUT2D eigenvalue weighted by Crippen LogP contribution is -2.38. The van der Waals surface area contributed by atoms with E-state index in [9.17, 15) is 0 Å². The minimum absolute atomic E-state index is 0.222. The van der Waals surface area contributed by atoms with E-state index in [0.717, 1.165) is 24.7 Å². The molecule has 1 fully saturated rings. The van der Waals surface area contributed by atoms with Gasteiger partial charge < -0.3 is 15.4 Å².